The Kier molecular flexibility index (Phi) is 3.02. The lowest BCUT2D eigenvalue weighted by Gasteiger charge is -2.08. The SMILES string of the molecule is CSc1cccc(Br)c1-c1cn[nH]c1N. The topological polar surface area (TPSA) is 54.7 Å². The predicted molar refractivity (Wildman–Crippen MR) is 67.9 cm³/mol. The maximum Gasteiger partial charge on any atom is 0.126 e. The highest BCUT2D eigenvalue weighted by Gasteiger charge is 2.12. The molecule has 2 rings (SSSR count). The first-order valence-electron chi connectivity index (χ1n) is 4.35. The van der Waals surface area contributed by atoms with Gasteiger partial charge in [0.1, 0.15) is 5.82 Å². The molecule has 3 N–H and O–H groups in total. The molecular weight excluding hydrogens is 274 g/mol. The summed E-state index contributed by atoms with van der Waals surface area (Å²) in [5.41, 5.74) is 7.85. The minimum Gasteiger partial charge on any atom is -0.384 e. The number of aromatic nitrogens is 2. The van der Waals surface area contributed by atoms with Crippen molar-refractivity contribution in [3.8, 4) is 11.1 Å². The summed E-state index contributed by atoms with van der Waals surface area (Å²) in [6, 6.07) is 6.08. The van der Waals surface area contributed by atoms with Gasteiger partial charge in [-0.3, -0.25) is 5.10 Å². The van der Waals surface area contributed by atoms with Crippen LogP contribution in [0.1, 0.15) is 0 Å². The Morgan fingerprint density at radius 1 is 1.47 bits per heavy atom. The van der Waals surface area contributed by atoms with E-state index in [4.69, 9.17) is 5.73 Å². The lowest BCUT2D eigenvalue weighted by Crippen LogP contribution is -1.90. The van der Waals surface area contributed by atoms with Crippen molar-refractivity contribution in [3.05, 3.63) is 28.9 Å². The highest BCUT2D eigenvalue weighted by atomic mass is 79.9. The molecule has 0 aliphatic carbocycles. The summed E-state index contributed by atoms with van der Waals surface area (Å²) in [4.78, 5) is 1.18. The summed E-state index contributed by atoms with van der Waals surface area (Å²) < 4.78 is 1.03. The van der Waals surface area contributed by atoms with Gasteiger partial charge in [0.15, 0.2) is 0 Å². The molecule has 0 aliphatic rings. The number of nitrogen functional groups attached to an aromatic ring is 1. The predicted octanol–water partition coefficient (Wildman–Crippen LogP) is 3.14. The van der Waals surface area contributed by atoms with E-state index in [1.165, 1.54) is 4.90 Å². The van der Waals surface area contributed by atoms with Crippen LogP contribution in [0.3, 0.4) is 0 Å². The molecule has 0 saturated heterocycles. The van der Waals surface area contributed by atoms with Crippen molar-refractivity contribution in [3.63, 3.8) is 0 Å². The summed E-state index contributed by atoms with van der Waals surface area (Å²) in [6.45, 7) is 0. The van der Waals surface area contributed by atoms with Gasteiger partial charge in [0.05, 0.1) is 6.20 Å². The van der Waals surface area contributed by atoms with Gasteiger partial charge in [0.25, 0.3) is 0 Å². The van der Waals surface area contributed by atoms with Crippen LogP contribution in [0.25, 0.3) is 11.1 Å². The molecule has 0 radical (unpaired) electrons. The number of halogens is 1. The van der Waals surface area contributed by atoms with Gasteiger partial charge in [0, 0.05) is 20.5 Å². The summed E-state index contributed by atoms with van der Waals surface area (Å²) >= 11 is 5.22. The second-order valence-electron chi connectivity index (χ2n) is 3.01. The second-order valence-corrected chi connectivity index (χ2v) is 4.72. The van der Waals surface area contributed by atoms with E-state index < -0.39 is 0 Å². The zero-order chi connectivity index (χ0) is 10.8. The van der Waals surface area contributed by atoms with Crippen LogP contribution in [0.5, 0.6) is 0 Å². The molecule has 0 fully saturated rings. The molecule has 1 aromatic carbocycles. The molecule has 0 atom stereocenters. The monoisotopic (exact) mass is 283 g/mol. The van der Waals surface area contributed by atoms with Gasteiger partial charge in [-0.05, 0) is 18.4 Å². The quantitative estimate of drug-likeness (QED) is 0.833. The van der Waals surface area contributed by atoms with Crippen LogP contribution in [0.15, 0.2) is 33.8 Å². The Morgan fingerprint density at radius 3 is 2.87 bits per heavy atom. The van der Waals surface area contributed by atoms with Crippen LogP contribution in [0.4, 0.5) is 5.82 Å². The third kappa shape index (κ3) is 1.89. The van der Waals surface area contributed by atoms with E-state index >= 15 is 0 Å². The molecule has 0 aliphatic heterocycles. The molecule has 1 heterocycles. The van der Waals surface area contributed by atoms with E-state index in [9.17, 15) is 0 Å². The molecule has 3 nitrogen and oxygen atoms in total. The van der Waals surface area contributed by atoms with E-state index in [2.05, 4.69) is 32.2 Å². The van der Waals surface area contributed by atoms with Crippen LogP contribution >= 0.6 is 27.7 Å². The summed E-state index contributed by atoms with van der Waals surface area (Å²) in [6.07, 6.45) is 3.79. The number of anilines is 1. The van der Waals surface area contributed by atoms with Crippen molar-refractivity contribution in [1.82, 2.24) is 10.2 Å². The summed E-state index contributed by atoms with van der Waals surface area (Å²) in [5.74, 6) is 0.595. The lowest BCUT2D eigenvalue weighted by molar-refractivity contribution is 1.10. The number of nitrogens with two attached hydrogens (primary N) is 1. The van der Waals surface area contributed by atoms with Crippen molar-refractivity contribution >= 4 is 33.5 Å². The van der Waals surface area contributed by atoms with Crippen LogP contribution in [0, 0.1) is 0 Å². The van der Waals surface area contributed by atoms with E-state index in [0.29, 0.717) is 5.82 Å². The molecule has 15 heavy (non-hydrogen) atoms. The molecule has 0 saturated carbocycles. The van der Waals surface area contributed by atoms with Gasteiger partial charge in [-0.1, -0.05) is 22.0 Å². The Balaban J connectivity index is 2.66. The first kappa shape index (κ1) is 10.6. The zero-order valence-corrected chi connectivity index (χ0v) is 10.5. The van der Waals surface area contributed by atoms with Crippen molar-refractivity contribution in [2.45, 2.75) is 4.90 Å². The molecule has 0 amide bonds. The number of hydrogen-bond acceptors (Lipinski definition) is 3. The highest BCUT2D eigenvalue weighted by molar-refractivity contribution is 9.10. The van der Waals surface area contributed by atoms with Crippen molar-refractivity contribution in [2.75, 3.05) is 12.0 Å². The van der Waals surface area contributed by atoms with E-state index in [1.54, 1.807) is 18.0 Å². The molecule has 2 aromatic rings. The van der Waals surface area contributed by atoms with Crippen molar-refractivity contribution in [1.29, 1.82) is 0 Å². The normalized spacial score (nSPS) is 10.5. The Morgan fingerprint density at radius 2 is 2.27 bits per heavy atom. The molecule has 0 bridgehead atoms. The molecular formula is C10H10BrN3S. The summed E-state index contributed by atoms with van der Waals surface area (Å²) in [5, 5.41) is 6.68. The maximum absolute atomic E-state index is 5.82. The number of thioether (sulfide) groups is 1. The number of nitrogens with zero attached hydrogens (tertiary/aromatic N) is 1. The third-order valence-corrected chi connectivity index (χ3v) is 3.57. The van der Waals surface area contributed by atoms with Crippen LogP contribution in [0.2, 0.25) is 0 Å². The average molecular weight is 284 g/mol. The first-order valence-corrected chi connectivity index (χ1v) is 6.37. The largest absolute Gasteiger partial charge is 0.384 e. The Labute approximate surface area is 101 Å². The second kappa shape index (κ2) is 4.28. The van der Waals surface area contributed by atoms with Gasteiger partial charge in [-0.15, -0.1) is 11.8 Å². The number of aromatic amines is 1. The standard InChI is InChI=1S/C10H10BrN3S/c1-15-8-4-2-3-7(11)9(8)6-5-13-14-10(6)12/h2-5H,1H3,(H3,12,13,14). The van der Waals surface area contributed by atoms with E-state index in [1.807, 2.05) is 18.4 Å². The lowest BCUT2D eigenvalue weighted by atomic mass is 10.1. The van der Waals surface area contributed by atoms with Gasteiger partial charge < -0.3 is 5.73 Å². The number of hydrogen-bond donors (Lipinski definition) is 2. The van der Waals surface area contributed by atoms with Crippen molar-refractivity contribution in [2.24, 2.45) is 0 Å². The smallest absolute Gasteiger partial charge is 0.126 e. The van der Waals surface area contributed by atoms with E-state index in [0.717, 1.165) is 15.6 Å². The average Bonchev–Trinajstić information content (AvgIpc) is 2.64. The zero-order valence-electron chi connectivity index (χ0n) is 8.12. The van der Waals surface area contributed by atoms with Crippen molar-refractivity contribution < 1.29 is 0 Å². The Hall–Kier alpha value is -0.940. The minimum atomic E-state index is 0.595. The number of nitrogens with one attached hydrogen (secondary N) is 1. The Bertz CT molecular complexity index is 481. The van der Waals surface area contributed by atoms with Crippen LogP contribution < -0.4 is 5.73 Å². The number of rotatable bonds is 2. The fraction of sp³-hybridized carbons (Fsp3) is 0.100. The van der Waals surface area contributed by atoms with E-state index in [-0.39, 0.29) is 0 Å². The molecule has 5 heteroatoms. The first-order chi connectivity index (χ1) is 7.24. The fourth-order valence-corrected chi connectivity index (χ4v) is 2.78. The third-order valence-electron chi connectivity index (χ3n) is 2.13. The molecule has 0 spiro atoms. The van der Waals surface area contributed by atoms with Gasteiger partial charge >= 0.3 is 0 Å². The van der Waals surface area contributed by atoms with Gasteiger partial charge in [0.2, 0.25) is 0 Å². The highest BCUT2D eigenvalue weighted by Crippen LogP contribution is 2.38. The molecule has 78 valence electrons. The van der Waals surface area contributed by atoms with Crippen LogP contribution in [-0.4, -0.2) is 16.5 Å². The molecule has 1 aromatic heterocycles. The van der Waals surface area contributed by atoms with Gasteiger partial charge in [-0.2, -0.15) is 5.10 Å². The van der Waals surface area contributed by atoms with Crippen LogP contribution in [-0.2, 0) is 0 Å². The fourth-order valence-electron chi connectivity index (χ4n) is 1.43. The number of benzene rings is 1. The summed E-state index contributed by atoms with van der Waals surface area (Å²) in [7, 11) is 0. The van der Waals surface area contributed by atoms with Gasteiger partial charge in [-0.25, -0.2) is 0 Å². The maximum atomic E-state index is 5.82. The number of H-pyrrole nitrogens is 1. The molecule has 0 unspecified atom stereocenters. The minimum absolute atomic E-state index is 0.595.